The number of nitrogens with one attached hydrogen (secondary N) is 1. The number of nitrogens with two attached hydrogens (primary N) is 1. The van der Waals surface area contributed by atoms with Crippen LogP contribution in [0.3, 0.4) is 0 Å². The fourth-order valence-corrected chi connectivity index (χ4v) is 1.97. The molecule has 3 heteroatoms. The van der Waals surface area contributed by atoms with Crippen molar-refractivity contribution in [2.45, 2.75) is 33.2 Å². The Balaban J connectivity index is 2.99. The summed E-state index contributed by atoms with van der Waals surface area (Å²) in [7, 11) is 0. The molecule has 0 aliphatic rings. The molecule has 0 aromatic rings. The SMILES string of the molecule is CC(CN)CSCCCNC(C)C. The Kier molecular flexibility index (Phi) is 9.03. The van der Waals surface area contributed by atoms with E-state index in [1.807, 2.05) is 11.8 Å². The molecule has 0 radical (unpaired) electrons. The van der Waals surface area contributed by atoms with Crippen LogP contribution in [-0.2, 0) is 0 Å². The number of hydrogen-bond acceptors (Lipinski definition) is 3. The molecule has 13 heavy (non-hydrogen) atoms. The van der Waals surface area contributed by atoms with Crippen molar-refractivity contribution in [1.29, 1.82) is 0 Å². The number of hydrogen-bond donors (Lipinski definition) is 2. The first-order chi connectivity index (χ1) is 6.16. The molecule has 0 saturated carbocycles. The van der Waals surface area contributed by atoms with E-state index in [0.717, 1.165) is 13.1 Å². The van der Waals surface area contributed by atoms with Crippen molar-refractivity contribution >= 4 is 11.8 Å². The van der Waals surface area contributed by atoms with E-state index in [-0.39, 0.29) is 0 Å². The van der Waals surface area contributed by atoms with Gasteiger partial charge in [0.15, 0.2) is 0 Å². The van der Waals surface area contributed by atoms with E-state index in [9.17, 15) is 0 Å². The third kappa shape index (κ3) is 10.2. The summed E-state index contributed by atoms with van der Waals surface area (Å²) >= 11 is 2.02. The predicted molar refractivity (Wildman–Crippen MR) is 63.3 cm³/mol. The molecule has 1 atom stereocenters. The van der Waals surface area contributed by atoms with Crippen LogP contribution in [0.15, 0.2) is 0 Å². The van der Waals surface area contributed by atoms with E-state index in [2.05, 4.69) is 26.1 Å². The van der Waals surface area contributed by atoms with Gasteiger partial charge in [0.25, 0.3) is 0 Å². The van der Waals surface area contributed by atoms with E-state index in [4.69, 9.17) is 5.73 Å². The lowest BCUT2D eigenvalue weighted by Crippen LogP contribution is -2.24. The molecule has 0 heterocycles. The molecule has 0 fully saturated rings. The Bertz CT molecular complexity index is 107. The standard InChI is InChI=1S/C10H24N2S/c1-9(2)12-5-4-6-13-8-10(3)7-11/h9-10,12H,4-8,11H2,1-3H3. The summed E-state index contributed by atoms with van der Waals surface area (Å²) in [6.07, 6.45) is 1.26. The zero-order valence-electron chi connectivity index (χ0n) is 9.18. The molecule has 1 unspecified atom stereocenters. The second kappa shape index (κ2) is 8.85. The molecule has 0 spiro atoms. The Morgan fingerprint density at radius 2 is 2.00 bits per heavy atom. The van der Waals surface area contributed by atoms with E-state index >= 15 is 0 Å². The highest BCUT2D eigenvalue weighted by Gasteiger charge is 1.98. The highest BCUT2D eigenvalue weighted by Crippen LogP contribution is 2.07. The summed E-state index contributed by atoms with van der Waals surface area (Å²) in [4.78, 5) is 0. The Labute approximate surface area is 87.0 Å². The third-order valence-electron chi connectivity index (χ3n) is 1.82. The minimum absolute atomic E-state index is 0.618. The van der Waals surface area contributed by atoms with Crippen LogP contribution >= 0.6 is 11.8 Å². The maximum atomic E-state index is 5.53. The van der Waals surface area contributed by atoms with Crippen LogP contribution in [-0.4, -0.2) is 30.6 Å². The molecule has 0 aromatic carbocycles. The fraction of sp³-hybridized carbons (Fsp3) is 1.00. The van der Waals surface area contributed by atoms with Gasteiger partial charge in [-0.1, -0.05) is 20.8 Å². The molecule has 0 saturated heterocycles. The second-order valence-corrected chi connectivity index (χ2v) is 5.03. The van der Waals surface area contributed by atoms with Gasteiger partial charge < -0.3 is 11.1 Å². The lowest BCUT2D eigenvalue weighted by molar-refractivity contribution is 0.585. The van der Waals surface area contributed by atoms with E-state index in [1.54, 1.807) is 0 Å². The summed E-state index contributed by atoms with van der Waals surface area (Å²) < 4.78 is 0. The first-order valence-corrected chi connectivity index (χ1v) is 6.33. The van der Waals surface area contributed by atoms with Crippen LogP contribution in [0.1, 0.15) is 27.2 Å². The van der Waals surface area contributed by atoms with Gasteiger partial charge in [-0.25, -0.2) is 0 Å². The maximum Gasteiger partial charge on any atom is 0.00103 e. The lowest BCUT2D eigenvalue weighted by atomic mass is 10.2. The molecule has 0 aromatic heterocycles. The molecule has 0 rings (SSSR count). The minimum atomic E-state index is 0.618. The molecule has 80 valence electrons. The summed E-state index contributed by atoms with van der Waals surface area (Å²) in [6, 6.07) is 0.618. The largest absolute Gasteiger partial charge is 0.330 e. The first-order valence-electron chi connectivity index (χ1n) is 5.18. The van der Waals surface area contributed by atoms with Gasteiger partial charge in [0.05, 0.1) is 0 Å². The highest BCUT2D eigenvalue weighted by molar-refractivity contribution is 7.99. The van der Waals surface area contributed by atoms with Crippen molar-refractivity contribution in [2.24, 2.45) is 11.7 Å². The minimum Gasteiger partial charge on any atom is -0.330 e. The molecule has 3 N–H and O–H groups in total. The van der Waals surface area contributed by atoms with Crippen LogP contribution < -0.4 is 11.1 Å². The van der Waals surface area contributed by atoms with Crippen molar-refractivity contribution < 1.29 is 0 Å². The molecule has 0 aliphatic heterocycles. The van der Waals surface area contributed by atoms with Crippen LogP contribution in [0.5, 0.6) is 0 Å². The van der Waals surface area contributed by atoms with Crippen LogP contribution in [0, 0.1) is 5.92 Å². The quantitative estimate of drug-likeness (QED) is 0.591. The third-order valence-corrected chi connectivity index (χ3v) is 3.20. The monoisotopic (exact) mass is 204 g/mol. The average Bonchev–Trinajstić information content (AvgIpc) is 2.10. The second-order valence-electron chi connectivity index (χ2n) is 3.88. The van der Waals surface area contributed by atoms with Gasteiger partial charge in [0.1, 0.15) is 0 Å². The van der Waals surface area contributed by atoms with E-state index in [0.29, 0.717) is 12.0 Å². The van der Waals surface area contributed by atoms with Crippen molar-refractivity contribution in [2.75, 3.05) is 24.6 Å². The number of rotatable bonds is 8. The maximum absolute atomic E-state index is 5.53. The molecule has 0 amide bonds. The average molecular weight is 204 g/mol. The highest BCUT2D eigenvalue weighted by atomic mass is 32.2. The van der Waals surface area contributed by atoms with Crippen LogP contribution in [0.4, 0.5) is 0 Å². The van der Waals surface area contributed by atoms with Crippen molar-refractivity contribution in [3.8, 4) is 0 Å². The molecule has 0 bridgehead atoms. The predicted octanol–water partition coefficient (Wildman–Crippen LogP) is 1.70. The number of thioether (sulfide) groups is 1. The van der Waals surface area contributed by atoms with Gasteiger partial charge in [0, 0.05) is 6.04 Å². The summed E-state index contributed by atoms with van der Waals surface area (Å²) in [5.74, 6) is 3.13. The van der Waals surface area contributed by atoms with Gasteiger partial charge in [0.2, 0.25) is 0 Å². The van der Waals surface area contributed by atoms with Gasteiger partial charge in [-0.05, 0) is 36.9 Å². The molecular formula is C10H24N2S. The molecule has 2 nitrogen and oxygen atoms in total. The first kappa shape index (κ1) is 13.3. The zero-order valence-corrected chi connectivity index (χ0v) is 9.99. The normalized spacial score (nSPS) is 13.6. The van der Waals surface area contributed by atoms with Gasteiger partial charge >= 0.3 is 0 Å². The summed E-state index contributed by atoms with van der Waals surface area (Å²) in [5, 5.41) is 3.41. The zero-order chi connectivity index (χ0) is 10.1. The topological polar surface area (TPSA) is 38.0 Å². The Morgan fingerprint density at radius 1 is 1.31 bits per heavy atom. The van der Waals surface area contributed by atoms with Gasteiger partial charge in [-0.15, -0.1) is 0 Å². The van der Waals surface area contributed by atoms with Gasteiger partial charge in [-0.2, -0.15) is 11.8 Å². The summed E-state index contributed by atoms with van der Waals surface area (Å²) in [6.45, 7) is 8.53. The van der Waals surface area contributed by atoms with E-state index in [1.165, 1.54) is 17.9 Å². The Hall–Kier alpha value is 0.270. The molecular weight excluding hydrogens is 180 g/mol. The summed E-state index contributed by atoms with van der Waals surface area (Å²) in [5.41, 5.74) is 5.53. The van der Waals surface area contributed by atoms with Gasteiger partial charge in [-0.3, -0.25) is 0 Å². The Morgan fingerprint density at radius 3 is 2.54 bits per heavy atom. The van der Waals surface area contributed by atoms with Crippen LogP contribution in [0.25, 0.3) is 0 Å². The van der Waals surface area contributed by atoms with E-state index < -0.39 is 0 Å². The van der Waals surface area contributed by atoms with Crippen molar-refractivity contribution in [1.82, 2.24) is 5.32 Å². The van der Waals surface area contributed by atoms with Crippen molar-refractivity contribution in [3.05, 3.63) is 0 Å². The van der Waals surface area contributed by atoms with Crippen molar-refractivity contribution in [3.63, 3.8) is 0 Å². The smallest absolute Gasteiger partial charge is 0.00103 e. The molecule has 0 aliphatic carbocycles. The fourth-order valence-electron chi connectivity index (χ4n) is 0.918. The van der Waals surface area contributed by atoms with Crippen LogP contribution in [0.2, 0.25) is 0 Å². The lowest BCUT2D eigenvalue weighted by Gasteiger charge is -2.09.